The van der Waals surface area contributed by atoms with Crippen molar-refractivity contribution < 1.29 is 4.79 Å². The Bertz CT molecular complexity index is 973. The van der Waals surface area contributed by atoms with Crippen molar-refractivity contribution in [3.05, 3.63) is 58.9 Å². The molecule has 0 saturated heterocycles. The van der Waals surface area contributed by atoms with Crippen LogP contribution >= 0.6 is 0 Å². The molecule has 4 rings (SSSR count). The third-order valence-electron chi connectivity index (χ3n) is 5.10. The van der Waals surface area contributed by atoms with Crippen LogP contribution in [0.25, 0.3) is 11.0 Å². The van der Waals surface area contributed by atoms with Crippen LogP contribution in [-0.4, -0.2) is 20.7 Å². The molecule has 1 aromatic carbocycles. The second-order valence-corrected chi connectivity index (χ2v) is 7.35. The predicted octanol–water partition coefficient (Wildman–Crippen LogP) is 4.13. The first-order valence-corrected chi connectivity index (χ1v) is 9.28. The van der Waals surface area contributed by atoms with Gasteiger partial charge in [0.05, 0.1) is 23.2 Å². The fourth-order valence-electron chi connectivity index (χ4n) is 3.85. The number of aryl methyl sites for hydroxylation is 2. The van der Waals surface area contributed by atoms with Crippen molar-refractivity contribution in [1.82, 2.24) is 20.1 Å². The highest BCUT2D eigenvalue weighted by Crippen LogP contribution is 2.30. The van der Waals surface area contributed by atoms with Gasteiger partial charge in [-0.1, -0.05) is 24.3 Å². The highest BCUT2D eigenvalue weighted by Gasteiger charge is 2.24. The third kappa shape index (κ3) is 2.87. The van der Waals surface area contributed by atoms with Gasteiger partial charge in [-0.2, -0.15) is 5.10 Å². The van der Waals surface area contributed by atoms with Gasteiger partial charge >= 0.3 is 0 Å². The Morgan fingerprint density at radius 2 is 2.12 bits per heavy atom. The normalized spacial score (nSPS) is 16.7. The molecule has 2 aromatic heterocycles. The lowest BCUT2D eigenvalue weighted by Gasteiger charge is -2.26. The lowest BCUT2D eigenvalue weighted by Crippen LogP contribution is -2.31. The maximum Gasteiger partial charge on any atom is 0.252 e. The lowest BCUT2D eigenvalue weighted by atomic mass is 9.87. The minimum Gasteiger partial charge on any atom is -0.345 e. The minimum absolute atomic E-state index is 0.0505. The maximum atomic E-state index is 13.1. The van der Waals surface area contributed by atoms with Crippen molar-refractivity contribution in [2.24, 2.45) is 0 Å². The van der Waals surface area contributed by atoms with E-state index in [1.165, 1.54) is 11.1 Å². The van der Waals surface area contributed by atoms with Crippen LogP contribution in [0, 0.1) is 6.92 Å². The second-order valence-electron chi connectivity index (χ2n) is 7.35. The summed E-state index contributed by atoms with van der Waals surface area (Å²) in [5.74, 6) is -0.0505. The number of nitrogens with one attached hydrogen (secondary N) is 1. The number of amides is 1. The molecule has 134 valence electrons. The first-order valence-electron chi connectivity index (χ1n) is 9.28. The van der Waals surface area contributed by atoms with E-state index in [2.05, 4.69) is 47.4 Å². The summed E-state index contributed by atoms with van der Waals surface area (Å²) in [5.41, 5.74) is 4.84. The van der Waals surface area contributed by atoms with E-state index < -0.39 is 0 Å². The highest BCUT2D eigenvalue weighted by molar-refractivity contribution is 6.05. The van der Waals surface area contributed by atoms with E-state index in [-0.39, 0.29) is 18.0 Å². The van der Waals surface area contributed by atoms with Gasteiger partial charge in [0.15, 0.2) is 5.65 Å². The Kier molecular flexibility index (Phi) is 4.23. The van der Waals surface area contributed by atoms with Crippen molar-refractivity contribution >= 4 is 16.9 Å². The fraction of sp³-hybridized carbons (Fsp3) is 0.381. The topological polar surface area (TPSA) is 59.8 Å². The zero-order valence-corrected chi connectivity index (χ0v) is 15.5. The zero-order chi connectivity index (χ0) is 18.3. The molecule has 5 heteroatoms. The summed E-state index contributed by atoms with van der Waals surface area (Å²) in [6, 6.07) is 10.5. The van der Waals surface area contributed by atoms with E-state index in [4.69, 9.17) is 0 Å². The van der Waals surface area contributed by atoms with Crippen LogP contribution in [-0.2, 0) is 6.42 Å². The SMILES string of the molecule is Cc1cc(C(=O)NC2CCCc3ccccc32)c2cnn(C(C)C)c2n1. The Morgan fingerprint density at radius 1 is 1.31 bits per heavy atom. The summed E-state index contributed by atoms with van der Waals surface area (Å²) in [7, 11) is 0. The molecule has 1 aliphatic carbocycles. The van der Waals surface area contributed by atoms with Crippen LogP contribution in [0.4, 0.5) is 0 Å². The number of carbonyl (C=O) groups is 1. The van der Waals surface area contributed by atoms with E-state index in [1.54, 1.807) is 6.20 Å². The molecule has 1 atom stereocenters. The van der Waals surface area contributed by atoms with Gasteiger partial charge in [-0.05, 0) is 57.2 Å². The largest absolute Gasteiger partial charge is 0.345 e. The van der Waals surface area contributed by atoms with Crippen LogP contribution in [0.2, 0.25) is 0 Å². The fourth-order valence-corrected chi connectivity index (χ4v) is 3.85. The van der Waals surface area contributed by atoms with E-state index in [1.807, 2.05) is 23.7 Å². The Hall–Kier alpha value is -2.69. The standard InChI is InChI=1S/C21H24N4O/c1-13(2)25-20-18(12-22-25)17(11-14(3)23-20)21(26)24-19-10-6-8-15-7-4-5-9-16(15)19/h4-5,7,9,11-13,19H,6,8,10H2,1-3H3,(H,24,26). The molecule has 26 heavy (non-hydrogen) atoms. The zero-order valence-electron chi connectivity index (χ0n) is 15.5. The molecule has 1 amide bonds. The molecule has 3 aromatic rings. The van der Waals surface area contributed by atoms with Crippen LogP contribution in [0.5, 0.6) is 0 Å². The van der Waals surface area contributed by atoms with Gasteiger partial charge in [-0.15, -0.1) is 0 Å². The van der Waals surface area contributed by atoms with Gasteiger partial charge in [0.25, 0.3) is 5.91 Å². The van der Waals surface area contributed by atoms with E-state index in [0.717, 1.165) is 36.0 Å². The molecule has 0 spiro atoms. The van der Waals surface area contributed by atoms with Crippen molar-refractivity contribution in [3.8, 4) is 0 Å². The quantitative estimate of drug-likeness (QED) is 0.774. The summed E-state index contributed by atoms with van der Waals surface area (Å²) in [5, 5.41) is 8.49. The summed E-state index contributed by atoms with van der Waals surface area (Å²) < 4.78 is 1.87. The molecule has 0 bridgehead atoms. The van der Waals surface area contributed by atoms with Crippen LogP contribution in [0.3, 0.4) is 0 Å². The maximum absolute atomic E-state index is 13.1. The van der Waals surface area contributed by atoms with Gasteiger partial charge in [0.1, 0.15) is 0 Å². The molecule has 1 aliphatic rings. The highest BCUT2D eigenvalue weighted by atomic mass is 16.1. The Morgan fingerprint density at radius 3 is 2.92 bits per heavy atom. The molecular formula is C21H24N4O. The lowest BCUT2D eigenvalue weighted by molar-refractivity contribution is 0.0934. The molecule has 0 radical (unpaired) electrons. The summed E-state index contributed by atoms with van der Waals surface area (Å²) in [4.78, 5) is 17.7. The number of fused-ring (bicyclic) bond motifs is 2. The van der Waals surface area contributed by atoms with E-state index >= 15 is 0 Å². The van der Waals surface area contributed by atoms with Crippen molar-refractivity contribution in [2.45, 2.75) is 52.1 Å². The van der Waals surface area contributed by atoms with Crippen LogP contribution in [0.15, 0.2) is 36.5 Å². The van der Waals surface area contributed by atoms with E-state index in [9.17, 15) is 4.79 Å². The Balaban J connectivity index is 1.70. The second kappa shape index (κ2) is 6.56. The number of aromatic nitrogens is 3. The van der Waals surface area contributed by atoms with Gasteiger partial charge < -0.3 is 5.32 Å². The number of hydrogen-bond donors (Lipinski definition) is 1. The van der Waals surface area contributed by atoms with Crippen LogP contribution in [0.1, 0.15) is 66.0 Å². The molecule has 0 aliphatic heterocycles. The predicted molar refractivity (Wildman–Crippen MR) is 102 cm³/mol. The molecule has 1 N–H and O–H groups in total. The van der Waals surface area contributed by atoms with Crippen molar-refractivity contribution in [2.75, 3.05) is 0 Å². The number of rotatable bonds is 3. The summed E-state index contributed by atoms with van der Waals surface area (Å²) in [6.45, 7) is 6.05. The summed E-state index contributed by atoms with van der Waals surface area (Å²) >= 11 is 0. The third-order valence-corrected chi connectivity index (χ3v) is 5.10. The van der Waals surface area contributed by atoms with Gasteiger partial charge in [0, 0.05) is 11.7 Å². The smallest absolute Gasteiger partial charge is 0.252 e. The van der Waals surface area contributed by atoms with Gasteiger partial charge in [-0.3, -0.25) is 4.79 Å². The number of benzene rings is 1. The number of nitrogens with zero attached hydrogens (tertiary/aromatic N) is 3. The molecule has 5 nitrogen and oxygen atoms in total. The van der Waals surface area contributed by atoms with Gasteiger partial charge in [0.2, 0.25) is 0 Å². The minimum atomic E-state index is -0.0505. The molecule has 0 saturated carbocycles. The number of hydrogen-bond acceptors (Lipinski definition) is 3. The van der Waals surface area contributed by atoms with Crippen molar-refractivity contribution in [3.63, 3.8) is 0 Å². The molecule has 0 fully saturated rings. The number of carbonyl (C=O) groups excluding carboxylic acids is 1. The Labute approximate surface area is 153 Å². The molecule has 1 unspecified atom stereocenters. The first-order chi connectivity index (χ1) is 12.5. The molecular weight excluding hydrogens is 324 g/mol. The van der Waals surface area contributed by atoms with E-state index in [0.29, 0.717) is 5.56 Å². The average Bonchev–Trinajstić information content (AvgIpc) is 3.05. The average molecular weight is 348 g/mol. The first kappa shape index (κ1) is 16.8. The monoisotopic (exact) mass is 348 g/mol. The molecule has 2 heterocycles. The number of pyridine rings is 1. The van der Waals surface area contributed by atoms with Gasteiger partial charge in [-0.25, -0.2) is 9.67 Å². The van der Waals surface area contributed by atoms with Crippen LogP contribution < -0.4 is 5.32 Å². The van der Waals surface area contributed by atoms with Crippen molar-refractivity contribution in [1.29, 1.82) is 0 Å². The summed E-state index contributed by atoms with van der Waals surface area (Å²) in [6.07, 6.45) is 4.91.